The zero-order valence-corrected chi connectivity index (χ0v) is 11.2. The molecule has 2 aromatic rings. The number of nitrogens with zero attached hydrogens (tertiary/aromatic N) is 2. The van der Waals surface area contributed by atoms with Gasteiger partial charge in [-0.1, -0.05) is 12.1 Å². The van der Waals surface area contributed by atoms with Gasteiger partial charge in [-0.15, -0.1) is 0 Å². The molecule has 0 fully saturated rings. The quantitative estimate of drug-likeness (QED) is 0.898. The summed E-state index contributed by atoms with van der Waals surface area (Å²) in [6.07, 6.45) is 2.87. The van der Waals surface area contributed by atoms with E-state index in [9.17, 15) is 4.39 Å². The molecule has 0 spiro atoms. The minimum atomic E-state index is -0.199. The van der Waals surface area contributed by atoms with E-state index in [1.807, 2.05) is 12.4 Å². The predicted molar refractivity (Wildman–Crippen MR) is 72.6 cm³/mol. The zero-order chi connectivity index (χ0) is 13.4. The number of halogens is 1. The molecular formula is C15H18FN3. The van der Waals surface area contributed by atoms with Crippen LogP contribution in [0, 0.1) is 5.82 Å². The molecule has 0 amide bonds. The van der Waals surface area contributed by atoms with Gasteiger partial charge in [-0.2, -0.15) is 0 Å². The smallest absolute Gasteiger partial charge is 0.123 e. The van der Waals surface area contributed by atoms with Crippen LogP contribution in [-0.4, -0.2) is 16.1 Å². The minimum Gasteiger partial charge on any atom is -0.332 e. The molecule has 1 unspecified atom stereocenters. The molecule has 4 heteroatoms. The van der Waals surface area contributed by atoms with E-state index in [1.165, 1.54) is 11.8 Å². The van der Waals surface area contributed by atoms with Gasteiger partial charge in [0.25, 0.3) is 0 Å². The first-order chi connectivity index (χ1) is 9.16. The molecule has 2 heterocycles. The standard InChI is InChI=1S/C15H18FN3/c1-10(2)19-9-18-15-13(19)6-7-17-14(15)11-4-3-5-12(16)8-11/h3-5,8-10,14,17H,6-7H2,1-2H3. The molecule has 19 heavy (non-hydrogen) atoms. The Labute approximate surface area is 112 Å². The summed E-state index contributed by atoms with van der Waals surface area (Å²) in [6, 6.07) is 7.16. The Kier molecular flexibility index (Phi) is 3.11. The second-order valence-corrected chi connectivity index (χ2v) is 5.27. The number of rotatable bonds is 2. The number of hydrogen-bond donors (Lipinski definition) is 1. The summed E-state index contributed by atoms with van der Waals surface area (Å²) in [4.78, 5) is 4.54. The highest BCUT2D eigenvalue weighted by molar-refractivity contribution is 5.33. The lowest BCUT2D eigenvalue weighted by atomic mass is 9.97. The number of nitrogens with one attached hydrogen (secondary N) is 1. The average molecular weight is 259 g/mol. The highest BCUT2D eigenvalue weighted by atomic mass is 19.1. The van der Waals surface area contributed by atoms with Crippen LogP contribution in [0.2, 0.25) is 0 Å². The Balaban J connectivity index is 2.03. The third kappa shape index (κ3) is 2.16. The van der Waals surface area contributed by atoms with Crippen molar-refractivity contribution in [3.8, 4) is 0 Å². The van der Waals surface area contributed by atoms with Gasteiger partial charge < -0.3 is 9.88 Å². The molecule has 0 saturated carbocycles. The SMILES string of the molecule is CC(C)n1cnc2c1CCNC2c1cccc(F)c1. The van der Waals surface area contributed by atoms with Crippen molar-refractivity contribution in [1.82, 2.24) is 14.9 Å². The minimum absolute atomic E-state index is 0.000509. The van der Waals surface area contributed by atoms with Crippen LogP contribution in [0.4, 0.5) is 4.39 Å². The lowest BCUT2D eigenvalue weighted by Crippen LogP contribution is -2.31. The van der Waals surface area contributed by atoms with Crippen molar-refractivity contribution in [3.05, 3.63) is 53.4 Å². The van der Waals surface area contributed by atoms with E-state index in [0.717, 1.165) is 24.2 Å². The van der Waals surface area contributed by atoms with E-state index in [4.69, 9.17) is 0 Å². The van der Waals surface area contributed by atoms with Gasteiger partial charge in [-0.3, -0.25) is 0 Å². The van der Waals surface area contributed by atoms with Gasteiger partial charge in [0.15, 0.2) is 0 Å². The Morgan fingerprint density at radius 2 is 2.26 bits per heavy atom. The van der Waals surface area contributed by atoms with Crippen molar-refractivity contribution in [2.45, 2.75) is 32.4 Å². The fourth-order valence-corrected chi connectivity index (χ4v) is 2.74. The highest BCUT2D eigenvalue weighted by Gasteiger charge is 2.26. The van der Waals surface area contributed by atoms with Gasteiger partial charge >= 0.3 is 0 Å². The van der Waals surface area contributed by atoms with E-state index < -0.39 is 0 Å². The van der Waals surface area contributed by atoms with E-state index in [0.29, 0.717) is 6.04 Å². The number of hydrogen-bond acceptors (Lipinski definition) is 2. The molecule has 1 aliphatic rings. The van der Waals surface area contributed by atoms with Crippen molar-refractivity contribution in [2.24, 2.45) is 0 Å². The van der Waals surface area contributed by atoms with Crippen LogP contribution in [-0.2, 0) is 6.42 Å². The molecule has 1 N–H and O–H groups in total. The highest BCUT2D eigenvalue weighted by Crippen LogP contribution is 2.29. The van der Waals surface area contributed by atoms with Crippen molar-refractivity contribution in [1.29, 1.82) is 0 Å². The largest absolute Gasteiger partial charge is 0.332 e. The number of imidazole rings is 1. The summed E-state index contributed by atoms with van der Waals surface area (Å²) in [5, 5.41) is 3.43. The van der Waals surface area contributed by atoms with E-state index in [-0.39, 0.29) is 11.9 Å². The normalized spacial score (nSPS) is 18.6. The topological polar surface area (TPSA) is 29.9 Å². The second-order valence-electron chi connectivity index (χ2n) is 5.27. The molecule has 0 aliphatic carbocycles. The summed E-state index contributed by atoms with van der Waals surface area (Å²) in [6.45, 7) is 5.20. The summed E-state index contributed by atoms with van der Waals surface area (Å²) in [5.74, 6) is -0.199. The maximum absolute atomic E-state index is 13.4. The maximum atomic E-state index is 13.4. The number of fused-ring (bicyclic) bond motifs is 1. The molecular weight excluding hydrogens is 241 g/mol. The van der Waals surface area contributed by atoms with Crippen LogP contribution in [0.15, 0.2) is 30.6 Å². The van der Waals surface area contributed by atoms with Crippen LogP contribution >= 0.6 is 0 Å². The van der Waals surface area contributed by atoms with Crippen LogP contribution < -0.4 is 5.32 Å². The van der Waals surface area contributed by atoms with Gasteiger partial charge in [0.2, 0.25) is 0 Å². The van der Waals surface area contributed by atoms with Gasteiger partial charge in [0, 0.05) is 24.7 Å². The summed E-state index contributed by atoms with van der Waals surface area (Å²) in [7, 11) is 0. The van der Waals surface area contributed by atoms with Crippen molar-refractivity contribution >= 4 is 0 Å². The zero-order valence-electron chi connectivity index (χ0n) is 11.2. The van der Waals surface area contributed by atoms with Gasteiger partial charge in [0.05, 0.1) is 18.1 Å². The summed E-state index contributed by atoms with van der Waals surface area (Å²) in [5.41, 5.74) is 3.24. The average Bonchev–Trinajstić information content (AvgIpc) is 2.82. The molecule has 0 bridgehead atoms. The first-order valence-electron chi connectivity index (χ1n) is 6.71. The lowest BCUT2D eigenvalue weighted by molar-refractivity contribution is 0.510. The number of benzene rings is 1. The molecule has 0 saturated heterocycles. The van der Waals surface area contributed by atoms with E-state index >= 15 is 0 Å². The Bertz CT molecular complexity index is 589. The fraction of sp³-hybridized carbons (Fsp3) is 0.400. The molecule has 1 atom stereocenters. The Hall–Kier alpha value is -1.68. The fourth-order valence-electron chi connectivity index (χ4n) is 2.74. The summed E-state index contributed by atoms with van der Waals surface area (Å²) >= 11 is 0. The van der Waals surface area contributed by atoms with Crippen LogP contribution in [0.25, 0.3) is 0 Å². The van der Waals surface area contributed by atoms with E-state index in [1.54, 1.807) is 12.1 Å². The second kappa shape index (κ2) is 4.78. The van der Waals surface area contributed by atoms with Crippen molar-refractivity contribution < 1.29 is 4.39 Å². The molecule has 1 aliphatic heterocycles. The van der Waals surface area contributed by atoms with Crippen molar-refractivity contribution in [2.75, 3.05) is 6.54 Å². The molecule has 3 nitrogen and oxygen atoms in total. The number of aromatic nitrogens is 2. The third-order valence-corrected chi connectivity index (χ3v) is 3.65. The van der Waals surface area contributed by atoms with Gasteiger partial charge in [-0.25, -0.2) is 9.37 Å². The molecule has 1 aromatic carbocycles. The van der Waals surface area contributed by atoms with E-state index in [2.05, 4.69) is 28.7 Å². The predicted octanol–water partition coefficient (Wildman–Crippen LogP) is 2.84. The first-order valence-corrected chi connectivity index (χ1v) is 6.71. The van der Waals surface area contributed by atoms with Gasteiger partial charge in [0.1, 0.15) is 5.82 Å². The molecule has 3 rings (SSSR count). The molecule has 100 valence electrons. The maximum Gasteiger partial charge on any atom is 0.123 e. The van der Waals surface area contributed by atoms with Crippen LogP contribution in [0.5, 0.6) is 0 Å². The molecule has 1 aromatic heterocycles. The summed E-state index contributed by atoms with van der Waals surface area (Å²) < 4.78 is 15.6. The van der Waals surface area contributed by atoms with Crippen LogP contribution in [0.3, 0.4) is 0 Å². The van der Waals surface area contributed by atoms with Crippen LogP contribution in [0.1, 0.15) is 42.9 Å². The van der Waals surface area contributed by atoms with Crippen molar-refractivity contribution in [3.63, 3.8) is 0 Å². The first kappa shape index (κ1) is 12.4. The monoisotopic (exact) mass is 259 g/mol. The Morgan fingerprint density at radius 3 is 3.00 bits per heavy atom. The third-order valence-electron chi connectivity index (χ3n) is 3.65. The van der Waals surface area contributed by atoms with Gasteiger partial charge in [-0.05, 0) is 31.5 Å². The Morgan fingerprint density at radius 1 is 1.42 bits per heavy atom. The molecule has 0 radical (unpaired) electrons. The lowest BCUT2D eigenvalue weighted by Gasteiger charge is -2.25.